The molecule has 104 valence electrons. The van der Waals surface area contributed by atoms with Crippen LogP contribution in [0.3, 0.4) is 0 Å². The number of hydrogen-bond acceptors (Lipinski definition) is 0. The normalized spacial score (nSPS) is 10.8. The van der Waals surface area contributed by atoms with Gasteiger partial charge < -0.3 is 0 Å². The van der Waals surface area contributed by atoms with E-state index in [1.54, 1.807) is 0 Å². The zero-order valence-corrected chi connectivity index (χ0v) is 13.3. The van der Waals surface area contributed by atoms with Gasteiger partial charge in [-0.15, -0.1) is 0 Å². The van der Waals surface area contributed by atoms with Crippen molar-refractivity contribution in [3.63, 3.8) is 0 Å². The van der Waals surface area contributed by atoms with Gasteiger partial charge in [-0.25, -0.2) is 0 Å². The maximum absolute atomic E-state index is 6.35. The average Bonchev–Trinajstić information content (AvgIpc) is 2.56. The molecule has 0 saturated heterocycles. The van der Waals surface area contributed by atoms with Crippen molar-refractivity contribution in [1.29, 1.82) is 0 Å². The predicted molar refractivity (Wildman–Crippen MR) is 94.2 cm³/mol. The molecule has 0 aliphatic carbocycles. The first kappa shape index (κ1) is 14.3. The summed E-state index contributed by atoms with van der Waals surface area (Å²) in [5, 5.41) is 3.63. The third-order valence-corrected chi connectivity index (χ3v) is 6.29. The zero-order valence-electron chi connectivity index (χ0n) is 11.6. The lowest BCUT2D eigenvalue weighted by Crippen LogP contribution is -2.13. The Morgan fingerprint density at radius 3 is 1.62 bits per heavy atom. The fourth-order valence-electron chi connectivity index (χ4n) is 2.34. The van der Waals surface area contributed by atoms with Crippen LogP contribution in [-0.2, 0) is 6.16 Å². The molecular formula is C19H16ClP. The van der Waals surface area contributed by atoms with Crippen molar-refractivity contribution in [2.24, 2.45) is 0 Å². The molecule has 0 bridgehead atoms. The Morgan fingerprint density at radius 1 is 0.619 bits per heavy atom. The van der Waals surface area contributed by atoms with Crippen LogP contribution in [0.1, 0.15) is 5.56 Å². The van der Waals surface area contributed by atoms with Crippen LogP contribution in [0.2, 0.25) is 5.02 Å². The molecule has 0 nitrogen and oxygen atoms in total. The molecule has 0 atom stereocenters. The minimum Gasteiger partial charge on any atom is -0.0840 e. The Morgan fingerprint density at radius 2 is 1.10 bits per heavy atom. The van der Waals surface area contributed by atoms with Crippen molar-refractivity contribution in [2.75, 3.05) is 0 Å². The lowest BCUT2D eigenvalue weighted by atomic mass is 10.2. The second-order valence-corrected chi connectivity index (χ2v) is 7.46. The van der Waals surface area contributed by atoms with Gasteiger partial charge in [-0.3, -0.25) is 0 Å². The molecule has 0 heterocycles. The molecule has 0 unspecified atom stereocenters. The third kappa shape index (κ3) is 3.53. The maximum atomic E-state index is 6.35. The Bertz CT molecular complexity index is 656. The van der Waals surface area contributed by atoms with E-state index < -0.39 is 7.92 Å². The van der Waals surface area contributed by atoms with Crippen molar-refractivity contribution in [1.82, 2.24) is 0 Å². The van der Waals surface area contributed by atoms with E-state index in [1.165, 1.54) is 16.2 Å². The summed E-state index contributed by atoms with van der Waals surface area (Å²) < 4.78 is 0. The van der Waals surface area contributed by atoms with E-state index in [2.05, 4.69) is 72.8 Å². The summed E-state index contributed by atoms with van der Waals surface area (Å²) in [5.41, 5.74) is 1.22. The molecule has 21 heavy (non-hydrogen) atoms. The molecule has 3 rings (SSSR count). The molecule has 0 N–H and O–H groups in total. The largest absolute Gasteiger partial charge is 0.0840 e. The van der Waals surface area contributed by atoms with Gasteiger partial charge in [0.15, 0.2) is 0 Å². The summed E-state index contributed by atoms with van der Waals surface area (Å²) >= 11 is 6.35. The molecule has 0 aliphatic rings. The van der Waals surface area contributed by atoms with Gasteiger partial charge in [0.2, 0.25) is 0 Å². The molecular weight excluding hydrogens is 295 g/mol. The van der Waals surface area contributed by atoms with Gasteiger partial charge in [0.1, 0.15) is 0 Å². The Labute approximate surface area is 132 Å². The summed E-state index contributed by atoms with van der Waals surface area (Å²) in [4.78, 5) is 0. The van der Waals surface area contributed by atoms with Crippen molar-refractivity contribution < 1.29 is 0 Å². The third-order valence-electron chi connectivity index (χ3n) is 3.42. The molecule has 0 aromatic heterocycles. The summed E-state index contributed by atoms with van der Waals surface area (Å²) in [5.74, 6) is 0. The molecule has 3 aromatic rings. The highest BCUT2D eigenvalue weighted by Gasteiger charge is 2.15. The molecule has 0 spiro atoms. The first-order valence-corrected chi connectivity index (χ1v) is 8.86. The Balaban J connectivity index is 1.99. The first-order valence-electron chi connectivity index (χ1n) is 6.95. The second kappa shape index (κ2) is 6.89. The van der Waals surface area contributed by atoms with E-state index in [0.717, 1.165) is 11.2 Å². The summed E-state index contributed by atoms with van der Waals surface area (Å²) in [6.45, 7) is 0. The summed E-state index contributed by atoms with van der Waals surface area (Å²) in [6, 6.07) is 29.6. The van der Waals surface area contributed by atoms with Crippen LogP contribution in [0, 0.1) is 0 Å². The molecule has 0 saturated carbocycles. The van der Waals surface area contributed by atoms with Gasteiger partial charge in [-0.2, -0.15) is 0 Å². The van der Waals surface area contributed by atoms with Crippen molar-refractivity contribution in [2.45, 2.75) is 6.16 Å². The van der Waals surface area contributed by atoms with Crippen LogP contribution in [0.15, 0.2) is 84.9 Å². The highest BCUT2D eigenvalue weighted by atomic mass is 35.5. The quantitative estimate of drug-likeness (QED) is 0.597. The van der Waals surface area contributed by atoms with Crippen LogP contribution in [0.25, 0.3) is 0 Å². The highest BCUT2D eigenvalue weighted by Crippen LogP contribution is 2.39. The van der Waals surface area contributed by atoms with Crippen LogP contribution in [-0.4, -0.2) is 0 Å². The predicted octanol–water partition coefficient (Wildman–Crippen LogP) is 4.97. The van der Waals surface area contributed by atoms with Crippen molar-refractivity contribution >= 4 is 30.1 Å². The van der Waals surface area contributed by atoms with E-state index >= 15 is 0 Å². The van der Waals surface area contributed by atoms with E-state index in [1.807, 2.05) is 12.1 Å². The molecule has 0 aliphatic heterocycles. The highest BCUT2D eigenvalue weighted by molar-refractivity contribution is 7.72. The average molecular weight is 311 g/mol. The van der Waals surface area contributed by atoms with E-state index in [0.29, 0.717) is 0 Å². The van der Waals surface area contributed by atoms with Crippen LogP contribution in [0.5, 0.6) is 0 Å². The van der Waals surface area contributed by atoms with Crippen LogP contribution < -0.4 is 10.6 Å². The smallest absolute Gasteiger partial charge is 0.0441 e. The standard InChI is InChI=1S/C19H16ClP/c20-19-14-8-7-9-16(19)15-21(17-10-3-1-4-11-17)18-12-5-2-6-13-18/h1-14H,15H2. The monoisotopic (exact) mass is 310 g/mol. The lowest BCUT2D eigenvalue weighted by molar-refractivity contribution is 1.40. The van der Waals surface area contributed by atoms with Crippen molar-refractivity contribution in [3.8, 4) is 0 Å². The maximum Gasteiger partial charge on any atom is 0.0441 e. The molecule has 2 heteroatoms. The van der Waals surface area contributed by atoms with Gasteiger partial charge in [0, 0.05) is 11.2 Å². The van der Waals surface area contributed by atoms with Gasteiger partial charge in [-0.05, 0) is 30.2 Å². The van der Waals surface area contributed by atoms with Crippen molar-refractivity contribution in [3.05, 3.63) is 95.5 Å². The molecule has 3 aromatic carbocycles. The summed E-state index contributed by atoms with van der Waals surface area (Å²) in [7, 11) is -0.428. The molecule has 0 radical (unpaired) electrons. The van der Waals surface area contributed by atoms with E-state index in [9.17, 15) is 0 Å². The SMILES string of the molecule is Clc1ccccc1CP(c1ccccc1)c1ccccc1. The summed E-state index contributed by atoms with van der Waals surface area (Å²) in [6.07, 6.45) is 0.975. The molecule has 0 fully saturated rings. The number of rotatable bonds is 4. The van der Waals surface area contributed by atoms with Gasteiger partial charge in [0.05, 0.1) is 0 Å². The minimum atomic E-state index is -0.428. The van der Waals surface area contributed by atoms with E-state index in [-0.39, 0.29) is 0 Å². The van der Waals surface area contributed by atoms with Gasteiger partial charge in [0.25, 0.3) is 0 Å². The number of halogens is 1. The number of benzene rings is 3. The fourth-order valence-corrected chi connectivity index (χ4v) is 4.98. The molecule has 0 amide bonds. The fraction of sp³-hybridized carbons (Fsp3) is 0.0526. The van der Waals surface area contributed by atoms with E-state index in [4.69, 9.17) is 11.6 Å². The van der Waals surface area contributed by atoms with Gasteiger partial charge in [-0.1, -0.05) is 90.5 Å². The van der Waals surface area contributed by atoms with Crippen LogP contribution >= 0.6 is 19.5 Å². The van der Waals surface area contributed by atoms with Gasteiger partial charge >= 0.3 is 0 Å². The zero-order chi connectivity index (χ0) is 14.5. The lowest BCUT2D eigenvalue weighted by Gasteiger charge is -2.19. The minimum absolute atomic E-state index is 0.428. The Hall–Kier alpha value is -1.62. The second-order valence-electron chi connectivity index (χ2n) is 4.85. The van der Waals surface area contributed by atoms with Crippen LogP contribution in [0.4, 0.5) is 0 Å². The Kier molecular flexibility index (Phi) is 4.70. The topological polar surface area (TPSA) is 0 Å². The number of hydrogen-bond donors (Lipinski definition) is 0. The first-order chi connectivity index (χ1) is 10.3.